The standard InChI is InChI=1S/C9H10N6O/c1-5-2-6(4-11-3-5)12-8(16)7-13-9(10)15-14-7/h2-4H,1H3,(H,12,16)(H3,10,13,14,15). The molecule has 0 unspecified atom stereocenters. The average molecular weight is 218 g/mol. The summed E-state index contributed by atoms with van der Waals surface area (Å²) in [6, 6.07) is 1.80. The molecule has 2 heterocycles. The summed E-state index contributed by atoms with van der Waals surface area (Å²) < 4.78 is 0. The van der Waals surface area contributed by atoms with Crippen LogP contribution in [0.1, 0.15) is 16.2 Å². The SMILES string of the molecule is Cc1cncc(NC(=O)c2nc(N)n[nH]2)c1. The number of aromatic amines is 1. The average Bonchev–Trinajstić information content (AvgIpc) is 2.65. The Morgan fingerprint density at radius 1 is 1.50 bits per heavy atom. The number of anilines is 2. The molecule has 0 atom stereocenters. The van der Waals surface area contributed by atoms with Crippen LogP contribution < -0.4 is 11.1 Å². The fourth-order valence-electron chi connectivity index (χ4n) is 1.19. The van der Waals surface area contributed by atoms with Crippen LogP contribution in [0.4, 0.5) is 11.6 Å². The molecule has 7 nitrogen and oxygen atoms in total. The fraction of sp³-hybridized carbons (Fsp3) is 0.111. The minimum absolute atomic E-state index is 0.0347. The van der Waals surface area contributed by atoms with Crippen LogP contribution in [0.3, 0.4) is 0 Å². The first-order valence-corrected chi connectivity index (χ1v) is 4.56. The van der Waals surface area contributed by atoms with Crippen LogP contribution in [-0.4, -0.2) is 26.1 Å². The van der Waals surface area contributed by atoms with Crippen LogP contribution >= 0.6 is 0 Å². The molecule has 2 rings (SSSR count). The van der Waals surface area contributed by atoms with Gasteiger partial charge in [-0.25, -0.2) is 0 Å². The molecular weight excluding hydrogens is 208 g/mol. The smallest absolute Gasteiger partial charge is 0.293 e. The largest absolute Gasteiger partial charge is 0.366 e. The van der Waals surface area contributed by atoms with Crippen molar-refractivity contribution in [1.29, 1.82) is 0 Å². The monoisotopic (exact) mass is 218 g/mol. The molecule has 0 aromatic carbocycles. The van der Waals surface area contributed by atoms with Crippen molar-refractivity contribution >= 4 is 17.5 Å². The first kappa shape index (κ1) is 10.1. The summed E-state index contributed by atoms with van der Waals surface area (Å²) in [5, 5.41) is 8.61. The summed E-state index contributed by atoms with van der Waals surface area (Å²) in [5.41, 5.74) is 6.84. The van der Waals surface area contributed by atoms with Crippen LogP contribution in [0.5, 0.6) is 0 Å². The van der Waals surface area contributed by atoms with Crippen LogP contribution in [0, 0.1) is 6.92 Å². The number of aromatic nitrogens is 4. The van der Waals surface area contributed by atoms with Gasteiger partial charge < -0.3 is 11.1 Å². The lowest BCUT2D eigenvalue weighted by Gasteiger charge is -2.02. The number of pyridine rings is 1. The number of nitrogens with zero attached hydrogens (tertiary/aromatic N) is 3. The third-order valence-electron chi connectivity index (χ3n) is 1.85. The van der Waals surface area contributed by atoms with Gasteiger partial charge in [-0.3, -0.25) is 14.9 Å². The minimum Gasteiger partial charge on any atom is -0.366 e. The molecule has 16 heavy (non-hydrogen) atoms. The highest BCUT2D eigenvalue weighted by atomic mass is 16.2. The van der Waals surface area contributed by atoms with Crippen LogP contribution in [-0.2, 0) is 0 Å². The van der Waals surface area contributed by atoms with Gasteiger partial charge in [0.2, 0.25) is 11.8 Å². The van der Waals surface area contributed by atoms with Crippen molar-refractivity contribution in [2.45, 2.75) is 6.92 Å². The van der Waals surface area contributed by atoms with E-state index < -0.39 is 5.91 Å². The van der Waals surface area contributed by atoms with Gasteiger partial charge in [-0.1, -0.05) is 0 Å². The summed E-state index contributed by atoms with van der Waals surface area (Å²) in [4.78, 5) is 19.3. The lowest BCUT2D eigenvalue weighted by Crippen LogP contribution is -2.14. The number of rotatable bonds is 2. The molecule has 0 fully saturated rings. The van der Waals surface area contributed by atoms with Gasteiger partial charge >= 0.3 is 0 Å². The zero-order valence-corrected chi connectivity index (χ0v) is 8.56. The molecule has 7 heteroatoms. The van der Waals surface area contributed by atoms with Gasteiger partial charge in [-0.2, -0.15) is 4.98 Å². The number of hydrogen-bond acceptors (Lipinski definition) is 5. The van der Waals surface area contributed by atoms with Crippen LogP contribution in [0.15, 0.2) is 18.5 Å². The molecular formula is C9H10N6O. The predicted molar refractivity (Wildman–Crippen MR) is 57.7 cm³/mol. The van der Waals surface area contributed by atoms with E-state index in [4.69, 9.17) is 5.73 Å². The minimum atomic E-state index is -0.406. The van der Waals surface area contributed by atoms with E-state index in [0.29, 0.717) is 5.69 Å². The number of nitrogens with two attached hydrogens (primary N) is 1. The Labute approximate surface area is 91.1 Å². The summed E-state index contributed by atoms with van der Waals surface area (Å²) in [6.07, 6.45) is 3.24. The third-order valence-corrected chi connectivity index (χ3v) is 1.85. The molecule has 2 aromatic rings. The van der Waals surface area contributed by atoms with Gasteiger partial charge in [0.15, 0.2) is 0 Å². The van der Waals surface area contributed by atoms with Crippen molar-refractivity contribution in [3.8, 4) is 0 Å². The molecule has 0 saturated carbocycles. The topological polar surface area (TPSA) is 110 Å². The number of carbonyl (C=O) groups is 1. The van der Waals surface area contributed by atoms with Crippen molar-refractivity contribution in [1.82, 2.24) is 20.2 Å². The highest BCUT2D eigenvalue weighted by molar-refractivity contribution is 6.01. The van der Waals surface area contributed by atoms with Gasteiger partial charge in [-0.15, -0.1) is 5.10 Å². The Morgan fingerprint density at radius 2 is 2.31 bits per heavy atom. The normalized spacial score (nSPS) is 10.1. The van der Waals surface area contributed by atoms with E-state index in [1.165, 1.54) is 0 Å². The Bertz CT molecular complexity index is 520. The van der Waals surface area contributed by atoms with Gasteiger partial charge in [-0.05, 0) is 18.6 Å². The first-order chi connectivity index (χ1) is 7.65. The predicted octanol–water partition coefficient (Wildman–Crippen LogP) is 0.343. The van der Waals surface area contributed by atoms with E-state index in [2.05, 4.69) is 25.5 Å². The van der Waals surface area contributed by atoms with E-state index in [-0.39, 0.29) is 11.8 Å². The summed E-state index contributed by atoms with van der Waals surface area (Å²) >= 11 is 0. The molecule has 82 valence electrons. The number of nitrogens with one attached hydrogen (secondary N) is 2. The number of hydrogen-bond donors (Lipinski definition) is 3. The second-order valence-corrected chi connectivity index (χ2v) is 3.25. The maximum atomic E-state index is 11.6. The summed E-state index contributed by atoms with van der Waals surface area (Å²) in [7, 11) is 0. The zero-order chi connectivity index (χ0) is 11.5. The molecule has 0 aliphatic rings. The second-order valence-electron chi connectivity index (χ2n) is 3.25. The Balaban J connectivity index is 2.13. The van der Waals surface area contributed by atoms with Gasteiger partial charge in [0, 0.05) is 6.20 Å². The van der Waals surface area contributed by atoms with Crippen LogP contribution in [0.25, 0.3) is 0 Å². The number of nitrogen functional groups attached to an aromatic ring is 1. The van der Waals surface area contributed by atoms with Gasteiger partial charge in [0.05, 0.1) is 11.9 Å². The van der Waals surface area contributed by atoms with Crippen molar-refractivity contribution < 1.29 is 4.79 Å². The van der Waals surface area contributed by atoms with Crippen molar-refractivity contribution in [2.75, 3.05) is 11.1 Å². The van der Waals surface area contributed by atoms with Crippen molar-refractivity contribution in [2.24, 2.45) is 0 Å². The van der Waals surface area contributed by atoms with Gasteiger partial charge in [0.25, 0.3) is 5.91 Å². The van der Waals surface area contributed by atoms with E-state index in [0.717, 1.165) is 5.56 Å². The fourth-order valence-corrected chi connectivity index (χ4v) is 1.19. The van der Waals surface area contributed by atoms with E-state index in [1.807, 2.05) is 6.92 Å². The molecule has 0 radical (unpaired) electrons. The third kappa shape index (κ3) is 2.14. The van der Waals surface area contributed by atoms with E-state index >= 15 is 0 Å². The molecule has 0 saturated heterocycles. The van der Waals surface area contributed by atoms with Crippen LogP contribution in [0.2, 0.25) is 0 Å². The lowest BCUT2D eigenvalue weighted by atomic mass is 10.3. The maximum absolute atomic E-state index is 11.6. The van der Waals surface area contributed by atoms with E-state index in [9.17, 15) is 4.79 Å². The highest BCUT2D eigenvalue weighted by Gasteiger charge is 2.10. The number of aryl methyl sites for hydroxylation is 1. The molecule has 0 aliphatic carbocycles. The molecule has 0 bridgehead atoms. The summed E-state index contributed by atoms with van der Waals surface area (Å²) in [5.74, 6) is -0.303. The van der Waals surface area contributed by atoms with E-state index in [1.54, 1.807) is 18.5 Å². The number of carbonyl (C=O) groups excluding carboxylic acids is 1. The molecule has 4 N–H and O–H groups in total. The van der Waals surface area contributed by atoms with Crippen molar-refractivity contribution in [3.63, 3.8) is 0 Å². The molecule has 2 aromatic heterocycles. The second kappa shape index (κ2) is 3.97. The zero-order valence-electron chi connectivity index (χ0n) is 8.56. The molecule has 1 amide bonds. The lowest BCUT2D eigenvalue weighted by molar-refractivity contribution is 0.101. The Morgan fingerprint density at radius 3 is 2.94 bits per heavy atom. The van der Waals surface area contributed by atoms with Gasteiger partial charge in [0.1, 0.15) is 0 Å². The molecule has 0 aliphatic heterocycles. The Hall–Kier alpha value is -2.44. The number of H-pyrrole nitrogens is 1. The van der Waals surface area contributed by atoms with Crippen molar-refractivity contribution in [3.05, 3.63) is 29.8 Å². The molecule has 0 spiro atoms. The maximum Gasteiger partial charge on any atom is 0.293 e. The quantitative estimate of drug-likeness (QED) is 0.673. The Kier molecular flexibility index (Phi) is 2.50. The highest BCUT2D eigenvalue weighted by Crippen LogP contribution is 2.08. The summed E-state index contributed by atoms with van der Waals surface area (Å²) in [6.45, 7) is 1.88. The number of amides is 1. The first-order valence-electron chi connectivity index (χ1n) is 4.56.